The highest BCUT2D eigenvalue weighted by atomic mass is 16.6. The van der Waals surface area contributed by atoms with Crippen LogP contribution in [0.4, 0.5) is 5.82 Å². The van der Waals surface area contributed by atoms with Gasteiger partial charge in [-0.2, -0.15) is 0 Å². The number of pyridine rings is 1. The maximum absolute atomic E-state index is 11.1. The van der Waals surface area contributed by atoms with Gasteiger partial charge in [-0.05, 0) is 29.0 Å². The Morgan fingerprint density at radius 3 is 2.94 bits per heavy atom. The van der Waals surface area contributed by atoms with Crippen LogP contribution in [0.1, 0.15) is 6.92 Å². The molecule has 17 heavy (non-hydrogen) atoms. The molecule has 0 aromatic carbocycles. The third-order valence-corrected chi connectivity index (χ3v) is 2.02. The first-order valence-electron chi connectivity index (χ1n) is 4.86. The van der Waals surface area contributed by atoms with Crippen molar-refractivity contribution in [2.75, 3.05) is 13.7 Å². The van der Waals surface area contributed by atoms with E-state index >= 15 is 0 Å². The van der Waals surface area contributed by atoms with Crippen LogP contribution in [0, 0.1) is 16.0 Å². The number of esters is 1. The number of rotatable bonds is 5. The summed E-state index contributed by atoms with van der Waals surface area (Å²) in [6.07, 6.45) is 1.30. The summed E-state index contributed by atoms with van der Waals surface area (Å²) in [5.74, 6) is -1.27. The fraction of sp³-hybridized carbons (Fsp3) is 0.400. The summed E-state index contributed by atoms with van der Waals surface area (Å²) in [6.45, 7) is 1.60. The molecule has 0 saturated heterocycles. The van der Waals surface area contributed by atoms with Crippen molar-refractivity contribution >= 4 is 11.8 Å². The molecule has 0 aliphatic carbocycles. The molecular formula is C10H12N2O5. The van der Waals surface area contributed by atoms with Crippen molar-refractivity contribution in [2.24, 2.45) is 5.92 Å². The average Bonchev–Trinajstić information content (AvgIpc) is 2.35. The molecule has 0 spiro atoms. The van der Waals surface area contributed by atoms with Crippen LogP contribution in [0.3, 0.4) is 0 Å². The van der Waals surface area contributed by atoms with Gasteiger partial charge in [0.2, 0.25) is 5.75 Å². The zero-order valence-corrected chi connectivity index (χ0v) is 9.45. The van der Waals surface area contributed by atoms with E-state index in [-0.39, 0.29) is 18.2 Å². The molecule has 1 atom stereocenters. The molecule has 7 heteroatoms. The number of aromatic nitrogens is 1. The van der Waals surface area contributed by atoms with Crippen molar-refractivity contribution in [1.82, 2.24) is 4.98 Å². The molecule has 0 N–H and O–H groups in total. The van der Waals surface area contributed by atoms with Crippen LogP contribution in [0.25, 0.3) is 0 Å². The van der Waals surface area contributed by atoms with E-state index in [0.29, 0.717) is 0 Å². The molecule has 0 saturated carbocycles. The largest absolute Gasteiger partial charge is 0.485 e. The lowest BCUT2D eigenvalue weighted by atomic mass is 10.2. The number of carbonyl (C=O) groups is 1. The second-order valence-electron chi connectivity index (χ2n) is 3.32. The molecule has 1 unspecified atom stereocenters. The van der Waals surface area contributed by atoms with Crippen LogP contribution in [0.5, 0.6) is 5.75 Å². The molecule has 1 aromatic rings. The summed E-state index contributed by atoms with van der Waals surface area (Å²) < 4.78 is 9.69. The third-order valence-electron chi connectivity index (χ3n) is 2.02. The highest BCUT2D eigenvalue weighted by Crippen LogP contribution is 2.23. The summed E-state index contributed by atoms with van der Waals surface area (Å²) in [5.41, 5.74) is 0. The van der Waals surface area contributed by atoms with Crippen LogP contribution in [-0.2, 0) is 9.53 Å². The van der Waals surface area contributed by atoms with Gasteiger partial charge in [-0.1, -0.05) is 0 Å². The Labute approximate surface area is 97.5 Å². The average molecular weight is 240 g/mol. The molecule has 92 valence electrons. The van der Waals surface area contributed by atoms with Gasteiger partial charge in [0, 0.05) is 0 Å². The van der Waals surface area contributed by atoms with Crippen LogP contribution >= 0.6 is 0 Å². The second-order valence-corrected chi connectivity index (χ2v) is 3.32. The zero-order chi connectivity index (χ0) is 12.8. The van der Waals surface area contributed by atoms with E-state index in [9.17, 15) is 14.9 Å². The van der Waals surface area contributed by atoms with Gasteiger partial charge in [-0.15, -0.1) is 0 Å². The maximum Gasteiger partial charge on any atom is 0.406 e. The van der Waals surface area contributed by atoms with Gasteiger partial charge in [0.1, 0.15) is 12.8 Å². The molecule has 1 aromatic heterocycles. The predicted molar refractivity (Wildman–Crippen MR) is 57.6 cm³/mol. The molecule has 0 aliphatic heterocycles. The van der Waals surface area contributed by atoms with E-state index in [1.165, 1.54) is 25.4 Å². The number of carbonyl (C=O) groups excluding carboxylic acids is 1. The summed E-state index contributed by atoms with van der Waals surface area (Å²) in [4.78, 5) is 24.7. The van der Waals surface area contributed by atoms with Crippen LogP contribution < -0.4 is 4.74 Å². The lowest BCUT2D eigenvalue weighted by molar-refractivity contribution is -0.390. The maximum atomic E-state index is 11.1. The van der Waals surface area contributed by atoms with Gasteiger partial charge < -0.3 is 19.6 Å². The summed E-state index contributed by atoms with van der Waals surface area (Å²) in [5, 5.41) is 10.6. The Balaban J connectivity index is 2.69. The van der Waals surface area contributed by atoms with E-state index in [2.05, 4.69) is 9.72 Å². The van der Waals surface area contributed by atoms with E-state index in [1.807, 2.05) is 0 Å². The van der Waals surface area contributed by atoms with Crippen molar-refractivity contribution in [2.45, 2.75) is 6.92 Å². The van der Waals surface area contributed by atoms with Crippen molar-refractivity contribution in [3.63, 3.8) is 0 Å². The Morgan fingerprint density at radius 2 is 2.35 bits per heavy atom. The van der Waals surface area contributed by atoms with Crippen LogP contribution in [-0.4, -0.2) is 29.6 Å². The second kappa shape index (κ2) is 5.78. The zero-order valence-electron chi connectivity index (χ0n) is 9.45. The van der Waals surface area contributed by atoms with Crippen molar-refractivity contribution < 1.29 is 19.2 Å². The quantitative estimate of drug-likeness (QED) is 0.436. The normalized spacial score (nSPS) is 11.6. The topological polar surface area (TPSA) is 91.6 Å². The minimum atomic E-state index is -0.641. The number of nitrogens with zero attached hydrogens (tertiary/aromatic N) is 2. The Bertz CT molecular complexity index is 421. The molecule has 1 heterocycles. The van der Waals surface area contributed by atoms with E-state index in [0.717, 1.165) is 0 Å². The smallest absolute Gasteiger partial charge is 0.406 e. The molecule has 1 rings (SSSR count). The lowest BCUT2D eigenvalue weighted by Gasteiger charge is -2.10. The number of nitro groups is 1. The SMILES string of the molecule is COC(=O)C(C)COc1cccnc1[N+](=O)[O-]. The standard InChI is InChI=1S/C10H12N2O5/c1-7(10(13)16-2)6-17-8-4-3-5-11-9(8)12(14)15/h3-5,7H,6H2,1-2H3. The van der Waals surface area contributed by atoms with Gasteiger partial charge in [0.25, 0.3) is 0 Å². The highest BCUT2D eigenvalue weighted by molar-refractivity contribution is 5.71. The number of hydrogen-bond donors (Lipinski definition) is 0. The fourth-order valence-corrected chi connectivity index (χ4v) is 1.12. The predicted octanol–water partition coefficient (Wildman–Crippen LogP) is 1.18. The monoisotopic (exact) mass is 240 g/mol. The van der Waals surface area contributed by atoms with Gasteiger partial charge in [0.15, 0.2) is 0 Å². The molecule has 0 amide bonds. The first-order chi connectivity index (χ1) is 8.06. The van der Waals surface area contributed by atoms with Crippen LogP contribution in [0.2, 0.25) is 0 Å². The van der Waals surface area contributed by atoms with E-state index in [4.69, 9.17) is 4.74 Å². The summed E-state index contributed by atoms with van der Waals surface area (Å²) >= 11 is 0. The molecule has 0 aliphatic rings. The van der Waals surface area contributed by atoms with Crippen LogP contribution in [0.15, 0.2) is 18.3 Å². The number of hydrogen-bond acceptors (Lipinski definition) is 6. The van der Waals surface area contributed by atoms with E-state index in [1.54, 1.807) is 6.92 Å². The molecule has 0 bridgehead atoms. The van der Waals surface area contributed by atoms with E-state index < -0.39 is 16.8 Å². The van der Waals surface area contributed by atoms with Gasteiger partial charge >= 0.3 is 11.8 Å². The first kappa shape index (κ1) is 12.9. The molecule has 0 fully saturated rings. The summed E-state index contributed by atoms with van der Waals surface area (Å²) in [6, 6.07) is 2.94. The Morgan fingerprint density at radius 1 is 1.65 bits per heavy atom. The highest BCUT2D eigenvalue weighted by Gasteiger charge is 2.19. The van der Waals surface area contributed by atoms with Crippen molar-refractivity contribution in [3.8, 4) is 5.75 Å². The van der Waals surface area contributed by atoms with Crippen molar-refractivity contribution in [1.29, 1.82) is 0 Å². The molecular weight excluding hydrogens is 228 g/mol. The van der Waals surface area contributed by atoms with Gasteiger partial charge in [-0.3, -0.25) is 4.79 Å². The number of ether oxygens (including phenoxy) is 2. The minimum Gasteiger partial charge on any atom is -0.485 e. The summed E-state index contributed by atoms with van der Waals surface area (Å²) in [7, 11) is 1.27. The van der Waals surface area contributed by atoms with Gasteiger partial charge in [-0.25, -0.2) is 0 Å². The Hall–Kier alpha value is -2.18. The molecule has 0 radical (unpaired) electrons. The molecule has 7 nitrogen and oxygen atoms in total. The fourth-order valence-electron chi connectivity index (χ4n) is 1.12. The number of methoxy groups -OCH3 is 1. The lowest BCUT2D eigenvalue weighted by Crippen LogP contribution is -2.20. The Kier molecular flexibility index (Phi) is 4.38. The third kappa shape index (κ3) is 3.40. The first-order valence-corrected chi connectivity index (χ1v) is 4.86. The minimum absolute atomic E-state index is 0.000787. The van der Waals surface area contributed by atoms with Crippen molar-refractivity contribution in [3.05, 3.63) is 28.4 Å². The van der Waals surface area contributed by atoms with Gasteiger partial charge in [0.05, 0.1) is 13.0 Å².